The highest BCUT2D eigenvalue weighted by Gasteiger charge is 2.21. The SMILES string of the molecule is Cc1nc(CN2CCC(CNC(=O)CCC3CCNC3)CC2)cs1.Cl.Cl. The quantitative estimate of drug-likeness (QED) is 0.708. The Balaban J connectivity index is 0.00000169. The van der Waals surface area contributed by atoms with Crippen molar-refractivity contribution >= 4 is 42.1 Å². The third-order valence-electron chi connectivity index (χ3n) is 5.29. The number of amides is 1. The molecule has 1 aromatic heterocycles. The van der Waals surface area contributed by atoms with Crippen LogP contribution in [0.5, 0.6) is 0 Å². The lowest BCUT2D eigenvalue weighted by molar-refractivity contribution is -0.121. The number of nitrogens with zero attached hydrogens (tertiary/aromatic N) is 2. The highest BCUT2D eigenvalue weighted by atomic mass is 35.5. The monoisotopic (exact) mass is 422 g/mol. The third kappa shape index (κ3) is 7.69. The molecular formula is C18H32Cl2N4OS. The first kappa shape index (κ1) is 23.6. The summed E-state index contributed by atoms with van der Waals surface area (Å²) in [5.41, 5.74) is 1.20. The molecule has 0 spiro atoms. The van der Waals surface area contributed by atoms with Crippen molar-refractivity contribution < 1.29 is 4.79 Å². The van der Waals surface area contributed by atoms with Crippen molar-refractivity contribution in [3.05, 3.63) is 16.1 Å². The number of carbonyl (C=O) groups is 1. The van der Waals surface area contributed by atoms with Crippen molar-refractivity contribution in [2.75, 3.05) is 32.7 Å². The lowest BCUT2D eigenvalue weighted by atomic mass is 9.96. The summed E-state index contributed by atoms with van der Waals surface area (Å²) < 4.78 is 0. The highest BCUT2D eigenvalue weighted by molar-refractivity contribution is 7.09. The zero-order valence-electron chi connectivity index (χ0n) is 15.5. The second-order valence-electron chi connectivity index (χ2n) is 7.28. The van der Waals surface area contributed by atoms with Gasteiger partial charge in [-0.05, 0) is 70.6 Å². The lowest BCUT2D eigenvalue weighted by Crippen LogP contribution is -2.38. The van der Waals surface area contributed by atoms with Gasteiger partial charge in [-0.2, -0.15) is 0 Å². The number of hydrogen-bond acceptors (Lipinski definition) is 5. The van der Waals surface area contributed by atoms with Crippen LogP contribution in [0.25, 0.3) is 0 Å². The summed E-state index contributed by atoms with van der Waals surface area (Å²) in [6, 6.07) is 0. The van der Waals surface area contributed by atoms with Crippen molar-refractivity contribution in [1.82, 2.24) is 20.5 Å². The Bertz CT molecular complexity index is 529. The Morgan fingerprint density at radius 1 is 1.31 bits per heavy atom. The van der Waals surface area contributed by atoms with E-state index in [2.05, 4.69) is 32.8 Å². The highest BCUT2D eigenvalue weighted by Crippen LogP contribution is 2.19. The molecule has 0 bridgehead atoms. The molecule has 2 saturated heterocycles. The molecule has 2 fully saturated rings. The van der Waals surface area contributed by atoms with Gasteiger partial charge in [0.25, 0.3) is 0 Å². The molecular weight excluding hydrogens is 391 g/mol. The topological polar surface area (TPSA) is 57.3 Å². The molecule has 1 aromatic rings. The summed E-state index contributed by atoms with van der Waals surface area (Å²) >= 11 is 1.73. The second kappa shape index (κ2) is 12.1. The Morgan fingerprint density at radius 2 is 2.08 bits per heavy atom. The third-order valence-corrected chi connectivity index (χ3v) is 6.11. The molecule has 0 aromatic carbocycles. The van der Waals surface area contributed by atoms with Crippen LogP contribution in [0.15, 0.2) is 5.38 Å². The molecule has 3 rings (SSSR count). The fourth-order valence-corrected chi connectivity index (χ4v) is 4.31. The summed E-state index contributed by atoms with van der Waals surface area (Å²) in [4.78, 5) is 19.0. The standard InChI is InChI=1S/C18H30N4OS.2ClH/c1-14-21-17(13-24-14)12-22-8-5-16(6-9-22)11-20-18(23)3-2-15-4-7-19-10-15;;/h13,15-16,19H,2-12H2,1H3,(H,20,23);2*1H. The van der Waals surface area contributed by atoms with Gasteiger partial charge in [-0.25, -0.2) is 4.98 Å². The van der Waals surface area contributed by atoms with E-state index < -0.39 is 0 Å². The van der Waals surface area contributed by atoms with Crippen molar-refractivity contribution in [2.45, 2.75) is 45.6 Å². The smallest absolute Gasteiger partial charge is 0.220 e. The van der Waals surface area contributed by atoms with Crippen LogP contribution in [0.1, 0.15) is 42.8 Å². The van der Waals surface area contributed by atoms with E-state index in [9.17, 15) is 4.79 Å². The summed E-state index contributed by atoms with van der Waals surface area (Å²) in [7, 11) is 0. The van der Waals surface area contributed by atoms with Crippen molar-refractivity contribution in [2.24, 2.45) is 11.8 Å². The number of rotatable bonds is 7. The first-order valence-electron chi connectivity index (χ1n) is 9.30. The minimum atomic E-state index is 0. The average Bonchev–Trinajstić information content (AvgIpc) is 3.24. The van der Waals surface area contributed by atoms with Gasteiger partial charge in [0.05, 0.1) is 10.7 Å². The Labute approximate surface area is 173 Å². The normalized spacial score (nSPS) is 21.0. The molecule has 3 heterocycles. The Hall–Kier alpha value is -0.400. The molecule has 0 saturated carbocycles. The van der Waals surface area contributed by atoms with E-state index in [0.29, 0.717) is 18.3 Å². The molecule has 2 aliphatic rings. The molecule has 0 radical (unpaired) electrons. The molecule has 150 valence electrons. The number of likely N-dealkylation sites (tertiary alicyclic amines) is 1. The zero-order chi connectivity index (χ0) is 16.8. The number of carbonyl (C=O) groups excluding carboxylic acids is 1. The molecule has 1 unspecified atom stereocenters. The molecule has 5 nitrogen and oxygen atoms in total. The van der Waals surface area contributed by atoms with Gasteiger partial charge in [-0.3, -0.25) is 9.69 Å². The van der Waals surface area contributed by atoms with Crippen LogP contribution in [0.2, 0.25) is 0 Å². The largest absolute Gasteiger partial charge is 0.356 e. The van der Waals surface area contributed by atoms with E-state index in [0.717, 1.165) is 50.7 Å². The fourth-order valence-electron chi connectivity index (χ4n) is 3.70. The number of piperidine rings is 1. The van der Waals surface area contributed by atoms with Crippen LogP contribution < -0.4 is 10.6 Å². The zero-order valence-corrected chi connectivity index (χ0v) is 18.0. The van der Waals surface area contributed by atoms with E-state index in [-0.39, 0.29) is 30.7 Å². The lowest BCUT2D eigenvalue weighted by Gasteiger charge is -2.31. The number of nitrogens with one attached hydrogen (secondary N) is 2. The number of hydrogen-bond donors (Lipinski definition) is 2. The molecule has 8 heteroatoms. The van der Waals surface area contributed by atoms with E-state index in [1.54, 1.807) is 11.3 Å². The van der Waals surface area contributed by atoms with Crippen molar-refractivity contribution in [3.8, 4) is 0 Å². The summed E-state index contributed by atoms with van der Waals surface area (Å²) in [6.07, 6.45) is 5.30. The van der Waals surface area contributed by atoms with Crippen LogP contribution in [-0.4, -0.2) is 48.5 Å². The first-order valence-corrected chi connectivity index (χ1v) is 10.2. The van der Waals surface area contributed by atoms with Gasteiger partial charge < -0.3 is 10.6 Å². The van der Waals surface area contributed by atoms with Gasteiger partial charge in [0.15, 0.2) is 0 Å². The molecule has 1 atom stereocenters. The fraction of sp³-hybridized carbons (Fsp3) is 0.778. The van der Waals surface area contributed by atoms with Gasteiger partial charge >= 0.3 is 0 Å². The Kier molecular flexibility index (Phi) is 11.0. The number of halogens is 2. The molecule has 26 heavy (non-hydrogen) atoms. The van der Waals surface area contributed by atoms with E-state index in [1.807, 2.05) is 0 Å². The minimum Gasteiger partial charge on any atom is -0.356 e. The van der Waals surface area contributed by atoms with Crippen molar-refractivity contribution in [1.29, 1.82) is 0 Å². The Morgan fingerprint density at radius 3 is 2.69 bits per heavy atom. The maximum atomic E-state index is 12.0. The number of aromatic nitrogens is 1. The maximum Gasteiger partial charge on any atom is 0.220 e. The molecule has 1 amide bonds. The molecule has 2 aliphatic heterocycles. The second-order valence-corrected chi connectivity index (χ2v) is 8.34. The van der Waals surface area contributed by atoms with Gasteiger partial charge in [0.2, 0.25) is 5.91 Å². The predicted molar refractivity (Wildman–Crippen MR) is 113 cm³/mol. The number of aryl methyl sites for hydroxylation is 1. The van der Waals surface area contributed by atoms with E-state index in [4.69, 9.17) is 0 Å². The summed E-state index contributed by atoms with van der Waals surface area (Å²) in [5.74, 6) is 1.58. The van der Waals surface area contributed by atoms with Crippen LogP contribution in [-0.2, 0) is 11.3 Å². The maximum absolute atomic E-state index is 12.0. The predicted octanol–water partition coefficient (Wildman–Crippen LogP) is 3.01. The molecule has 2 N–H and O–H groups in total. The van der Waals surface area contributed by atoms with Crippen LogP contribution in [0.3, 0.4) is 0 Å². The number of thiazole rings is 1. The molecule has 0 aliphatic carbocycles. The van der Waals surface area contributed by atoms with Gasteiger partial charge in [-0.1, -0.05) is 0 Å². The van der Waals surface area contributed by atoms with Gasteiger partial charge in [0.1, 0.15) is 0 Å². The van der Waals surface area contributed by atoms with E-state index in [1.165, 1.54) is 25.0 Å². The van der Waals surface area contributed by atoms with Crippen LogP contribution in [0.4, 0.5) is 0 Å². The van der Waals surface area contributed by atoms with Crippen LogP contribution >= 0.6 is 36.2 Å². The van der Waals surface area contributed by atoms with Crippen molar-refractivity contribution in [3.63, 3.8) is 0 Å². The van der Waals surface area contributed by atoms with Gasteiger partial charge in [-0.15, -0.1) is 36.2 Å². The summed E-state index contributed by atoms with van der Waals surface area (Å²) in [5, 5.41) is 9.84. The first-order chi connectivity index (χ1) is 11.7. The van der Waals surface area contributed by atoms with Gasteiger partial charge in [0, 0.05) is 24.9 Å². The average molecular weight is 423 g/mol. The van der Waals surface area contributed by atoms with E-state index >= 15 is 0 Å². The minimum absolute atomic E-state index is 0. The van der Waals surface area contributed by atoms with Crippen LogP contribution in [0, 0.1) is 18.8 Å². The summed E-state index contributed by atoms with van der Waals surface area (Å²) in [6.45, 7) is 8.32.